The molecule has 4 rings (SSSR count). The average Bonchev–Trinajstić information content (AvgIpc) is 3.32. The van der Waals surface area contributed by atoms with Crippen LogP contribution in [-0.4, -0.2) is 39.9 Å². The molecule has 0 radical (unpaired) electrons. The van der Waals surface area contributed by atoms with Crippen molar-refractivity contribution in [3.63, 3.8) is 0 Å². The molecular weight excluding hydrogens is 521 g/mol. The normalized spacial score (nSPS) is 19.6. The second-order valence-electron chi connectivity index (χ2n) is 8.65. The Morgan fingerprint density at radius 3 is 2.36 bits per heavy atom. The number of fused-ring (bicyclic) bond motifs is 3. The van der Waals surface area contributed by atoms with E-state index in [1.807, 2.05) is 0 Å². The molecule has 33 heavy (non-hydrogen) atoms. The summed E-state index contributed by atoms with van der Waals surface area (Å²) in [4.78, 5) is 21.3. The van der Waals surface area contributed by atoms with Gasteiger partial charge in [0.15, 0.2) is 5.16 Å². The van der Waals surface area contributed by atoms with Crippen LogP contribution in [0.15, 0.2) is 9.63 Å². The maximum absolute atomic E-state index is 9.47. The van der Waals surface area contributed by atoms with Crippen LogP contribution in [0.2, 0.25) is 5.02 Å². The third-order valence-corrected chi connectivity index (χ3v) is 7.38. The number of anilines is 1. The van der Waals surface area contributed by atoms with E-state index in [-0.39, 0.29) is 36.5 Å². The van der Waals surface area contributed by atoms with E-state index in [1.54, 1.807) is 32.5 Å². The standard InChI is InChI=1S/C18H19BrClN3OS.C5H9O2.Li/c1-4-25-18-21-16-13(11-7-24-8-12(11)14(19)15(16)20)17(22-18)23-9(2)5-6-10(23)3;1-5(2,3)7-4-6;/h9-10H,2-8H2,1H3;1-3H3;/q-2;-1;+1. The number of carbonyl (C=O) groups excluding carboxylic acids is 1. The summed E-state index contributed by atoms with van der Waals surface area (Å²) in [7, 11) is 0. The molecule has 10 heteroatoms. The van der Waals surface area contributed by atoms with Crippen LogP contribution in [0.3, 0.4) is 0 Å². The van der Waals surface area contributed by atoms with Crippen molar-refractivity contribution in [2.24, 2.45) is 0 Å². The zero-order chi connectivity index (χ0) is 23.6. The Bertz CT molecular complexity index is 996. The Balaban J connectivity index is 0.000000423. The fourth-order valence-electron chi connectivity index (χ4n) is 3.76. The summed E-state index contributed by atoms with van der Waals surface area (Å²) in [5, 5.41) is 2.36. The average molecular weight is 549 g/mol. The van der Waals surface area contributed by atoms with Gasteiger partial charge in [0, 0.05) is 4.47 Å². The molecule has 0 spiro atoms. The molecule has 2 atom stereocenters. The first-order valence-corrected chi connectivity index (χ1v) is 12.6. The Morgan fingerprint density at radius 2 is 1.85 bits per heavy atom. The quantitative estimate of drug-likeness (QED) is 0.252. The molecule has 1 aromatic heterocycles. The Kier molecular flexibility index (Phi) is 10.4. The van der Waals surface area contributed by atoms with E-state index in [0.717, 1.165) is 56.1 Å². The van der Waals surface area contributed by atoms with Crippen LogP contribution in [-0.2, 0) is 27.5 Å². The van der Waals surface area contributed by atoms with Gasteiger partial charge in [-0.1, -0.05) is 61.7 Å². The molecule has 1 aromatic carbocycles. The van der Waals surface area contributed by atoms with Crippen molar-refractivity contribution in [2.45, 2.75) is 76.6 Å². The van der Waals surface area contributed by atoms with Gasteiger partial charge in [0.2, 0.25) is 0 Å². The smallest absolute Gasteiger partial charge is 0.649 e. The van der Waals surface area contributed by atoms with Gasteiger partial charge in [-0.3, -0.25) is 0 Å². The first-order chi connectivity index (χ1) is 15.1. The first kappa shape index (κ1) is 28.7. The molecule has 1 fully saturated rings. The zero-order valence-corrected chi connectivity index (χ0v) is 23.0. The zero-order valence-electron chi connectivity index (χ0n) is 19.8. The minimum atomic E-state index is -0.373. The van der Waals surface area contributed by atoms with Crippen LogP contribution < -0.4 is 23.8 Å². The Morgan fingerprint density at radius 1 is 1.24 bits per heavy atom. The van der Waals surface area contributed by atoms with Crippen LogP contribution in [0.25, 0.3) is 10.9 Å². The summed E-state index contributed by atoms with van der Waals surface area (Å²) >= 11 is 11.9. The van der Waals surface area contributed by atoms with Crippen molar-refractivity contribution in [2.75, 3.05) is 10.7 Å². The second kappa shape index (κ2) is 12.0. The Labute approximate surface area is 226 Å². The van der Waals surface area contributed by atoms with Gasteiger partial charge in [-0.15, -0.1) is 0 Å². The fourth-order valence-corrected chi connectivity index (χ4v) is 5.12. The summed E-state index contributed by atoms with van der Waals surface area (Å²) in [5.74, 6) is 1.80. The summed E-state index contributed by atoms with van der Waals surface area (Å²) in [5.41, 5.74) is 2.63. The number of nitrogens with zero attached hydrogens (tertiary/aromatic N) is 3. The summed E-state index contributed by atoms with van der Waals surface area (Å²) in [6.45, 7) is 18.5. The largest absolute Gasteiger partial charge is 1.00 e. The molecule has 6 nitrogen and oxygen atoms in total. The number of halogens is 2. The van der Waals surface area contributed by atoms with Crippen LogP contribution in [0.1, 0.15) is 51.7 Å². The molecule has 0 saturated carbocycles. The van der Waals surface area contributed by atoms with Gasteiger partial charge < -0.3 is 33.0 Å². The molecule has 2 aliphatic heterocycles. The third kappa shape index (κ3) is 6.39. The molecule has 3 heterocycles. The van der Waals surface area contributed by atoms with E-state index in [4.69, 9.17) is 26.3 Å². The molecule has 2 unspecified atom stereocenters. The molecule has 0 bridgehead atoms. The van der Waals surface area contributed by atoms with E-state index in [2.05, 4.69) is 46.3 Å². The minimum absolute atomic E-state index is 0. The van der Waals surface area contributed by atoms with Gasteiger partial charge in [-0.25, -0.2) is 9.97 Å². The number of ether oxygens (including phenoxy) is 2. The van der Waals surface area contributed by atoms with Crippen LogP contribution in [0.5, 0.6) is 0 Å². The number of thioether (sulfide) groups is 1. The van der Waals surface area contributed by atoms with E-state index in [9.17, 15) is 4.79 Å². The molecule has 176 valence electrons. The number of benzene rings is 1. The second-order valence-corrected chi connectivity index (χ2v) is 11.1. The molecular formula is C23H28BrClLiN3O3S-2. The van der Waals surface area contributed by atoms with Crippen LogP contribution in [0.4, 0.5) is 5.82 Å². The van der Waals surface area contributed by atoms with Crippen molar-refractivity contribution in [3.8, 4) is 0 Å². The van der Waals surface area contributed by atoms with E-state index >= 15 is 0 Å². The number of hydrogen-bond donors (Lipinski definition) is 0. The Hall–Kier alpha value is -0.493. The third-order valence-electron chi connectivity index (χ3n) is 5.18. The van der Waals surface area contributed by atoms with Crippen molar-refractivity contribution >= 4 is 62.5 Å². The van der Waals surface area contributed by atoms with Crippen molar-refractivity contribution in [1.29, 1.82) is 0 Å². The van der Waals surface area contributed by atoms with Crippen molar-refractivity contribution in [3.05, 3.63) is 34.5 Å². The van der Waals surface area contributed by atoms with Gasteiger partial charge in [0.1, 0.15) is 5.82 Å². The number of aromatic nitrogens is 2. The van der Waals surface area contributed by atoms with Gasteiger partial charge in [-0.05, 0) is 53.6 Å². The van der Waals surface area contributed by atoms with E-state index in [1.165, 1.54) is 6.47 Å². The van der Waals surface area contributed by atoms with E-state index in [0.29, 0.717) is 18.2 Å². The maximum Gasteiger partial charge on any atom is 1.00 e. The van der Waals surface area contributed by atoms with Gasteiger partial charge in [0.05, 0.1) is 34.7 Å². The number of hydrogen-bond acceptors (Lipinski definition) is 7. The van der Waals surface area contributed by atoms with Gasteiger partial charge in [-0.2, -0.15) is 0 Å². The monoisotopic (exact) mass is 547 g/mol. The predicted octanol–water partition coefficient (Wildman–Crippen LogP) is 3.07. The molecule has 0 N–H and O–H groups in total. The topological polar surface area (TPSA) is 64.5 Å². The van der Waals surface area contributed by atoms with Crippen molar-refractivity contribution < 1.29 is 33.1 Å². The van der Waals surface area contributed by atoms with Gasteiger partial charge >= 0.3 is 18.9 Å². The van der Waals surface area contributed by atoms with E-state index < -0.39 is 0 Å². The summed E-state index contributed by atoms with van der Waals surface area (Å²) in [6.07, 6.45) is 2.03. The minimum Gasteiger partial charge on any atom is -0.649 e. The predicted molar refractivity (Wildman–Crippen MR) is 134 cm³/mol. The maximum atomic E-state index is 9.47. The molecule has 0 aliphatic carbocycles. The molecule has 2 aliphatic rings. The van der Waals surface area contributed by atoms with Crippen molar-refractivity contribution in [1.82, 2.24) is 9.97 Å². The summed E-state index contributed by atoms with van der Waals surface area (Å²) < 4.78 is 11.0. The molecule has 2 aromatic rings. The fraction of sp³-hybridized carbons (Fsp3) is 0.522. The van der Waals surface area contributed by atoms with Crippen LogP contribution >= 0.6 is 39.3 Å². The number of rotatable bonds is 4. The molecule has 1 saturated heterocycles. The van der Waals surface area contributed by atoms with Crippen LogP contribution in [0, 0.1) is 13.8 Å². The van der Waals surface area contributed by atoms with Gasteiger partial charge in [0.25, 0.3) is 0 Å². The molecule has 0 amide bonds. The first-order valence-electron chi connectivity index (χ1n) is 10.5. The summed E-state index contributed by atoms with van der Waals surface area (Å²) in [6, 6.07) is 0.306. The SMILES string of the molecule is CC(C)(C)O[C-]=O.[CH2-]C1CCC([CH2-])N1c1nc(SCC)nc2c(Cl)c(Br)c3c(c12)COC3.[Li+].